The predicted molar refractivity (Wildman–Crippen MR) is 76.3 cm³/mol. The maximum Gasteiger partial charge on any atom is 0.194 e. The van der Waals surface area contributed by atoms with E-state index in [1.54, 1.807) is 0 Å². The fraction of sp³-hybridized carbons (Fsp3) is 0.167. The van der Waals surface area contributed by atoms with E-state index in [2.05, 4.69) is 18.2 Å². The molecule has 0 radical (unpaired) electrons. The molecule has 1 heteroatoms. The molecule has 0 saturated heterocycles. The first-order valence-electron chi connectivity index (χ1n) is 6.73. The molecule has 2 aliphatic carbocycles. The number of hydrogen-bond donors (Lipinski definition) is 0. The van der Waals surface area contributed by atoms with Crippen molar-refractivity contribution in [2.45, 2.75) is 19.8 Å². The predicted octanol–water partition coefficient (Wildman–Crippen LogP) is 4.14. The number of carbonyl (C=O) groups excluding carboxylic acids is 1. The Bertz CT molecular complexity index is 744. The minimum Gasteiger partial charge on any atom is -0.289 e. The average molecular weight is 246 g/mol. The molecule has 92 valence electrons. The van der Waals surface area contributed by atoms with Gasteiger partial charge in [0.2, 0.25) is 0 Å². The van der Waals surface area contributed by atoms with Crippen molar-refractivity contribution < 1.29 is 4.79 Å². The zero-order chi connectivity index (χ0) is 13.0. The van der Waals surface area contributed by atoms with Crippen LogP contribution < -0.4 is 0 Å². The van der Waals surface area contributed by atoms with E-state index < -0.39 is 0 Å². The third kappa shape index (κ3) is 1.51. The second-order valence-electron chi connectivity index (χ2n) is 5.40. The van der Waals surface area contributed by atoms with Crippen molar-refractivity contribution in [2.24, 2.45) is 0 Å². The van der Waals surface area contributed by atoms with E-state index in [9.17, 15) is 4.79 Å². The van der Waals surface area contributed by atoms with Crippen LogP contribution in [0.25, 0.3) is 5.57 Å². The molecule has 19 heavy (non-hydrogen) atoms. The SMILES string of the molecule is Cc1ccc2c(c1)C(=O)c1ccccc1C2=C1CC1. The lowest BCUT2D eigenvalue weighted by atomic mass is 9.80. The fourth-order valence-corrected chi connectivity index (χ4v) is 2.95. The van der Waals surface area contributed by atoms with Gasteiger partial charge in [0.25, 0.3) is 0 Å². The molecule has 0 aliphatic heterocycles. The Morgan fingerprint density at radius 1 is 0.842 bits per heavy atom. The Balaban J connectivity index is 2.09. The Kier molecular flexibility index (Phi) is 2.08. The van der Waals surface area contributed by atoms with E-state index in [4.69, 9.17) is 0 Å². The van der Waals surface area contributed by atoms with Gasteiger partial charge in [0.15, 0.2) is 5.78 Å². The summed E-state index contributed by atoms with van der Waals surface area (Å²) in [6, 6.07) is 14.2. The molecule has 0 amide bonds. The summed E-state index contributed by atoms with van der Waals surface area (Å²) >= 11 is 0. The molecular weight excluding hydrogens is 232 g/mol. The second-order valence-corrected chi connectivity index (χ2v) is 5.40. The number of allylic oxidation sites excluding steroid dienone is 1. The summed E-state index contributed by atoms with van der Waals surface area (Å²) in [5.74, 6) is 0.166. The molecule has 1 fully saturated rings. The molecule has 0 heterocycles. The van der Waals surface area contributed by atoms with Gasteiger partial charge < -0.3 is 0 Å². The van der Waals surface area contributed by atoms with Gasteiger partial charge >= 0.3 is 0 Å². The maximum absolute atomic E-state index is 12.6. The number of rotatable bonds is 0. The minimum absolute atomic E-state index is 0.166. The van der Waals surface area contributed by atoms with E-state index in [0.29, 0.717) is 0 Å². The topological polar surface area (TPSA) is 17.1 Å². The first-order chi connectivity index (χ1) is 9.25. The standard InChI is InChI=1S/C18H14O/c1-11-6-9-14-16(10-11)18(19)15-5-3-2-4-13(15)17(14)12-7-8-12/h2-6,9-10H,7-8H2,1H3. The van der Waals surface area contributed by atoms with Gasteiger partial charge in [0.1, 0.15) is 0 Å². The number of hydrogen-bond acceptors (Lipinski definition) is 1. The van der Waals surface area contributed by atoms with Gasteiger partial charge in [-0.05, 0) is 42.5 Å². The average Bonchev–Trinajstić information content (AvgIpc) is 3.25. The smallest absolute Gasteiger partial charge is 0.194 e. The summed E-state index contributed by atoms with van der Waals surface area (Å²) in [6.45, 7) is 2.04. The molecule has 0 aromatic heterocycles. The maximum atomic E-state index is 12.6. The zero-order valence-corrected chi connectivity index (χ0v) is 10.9. The van der Waals surface area contributed by atoms with Crippen LogP contribution in [-0.2, 0) is 0 Å². The Hall–Kier alpha value is -2.15. The van der Waals surface area contributed by atoms with Crippen molar-refractivity contribution in [3.05, 3.63) is 75.9 Å². The van der Waals surface area contributed by atoms with E-state index in [-0.39, 0.29) is 5.78 Å². The molecule has 2 aromatic rings. The molecule has 1 saturated carbocycles. The van der Waals surface area contributed by atoms with Crippen LogP contribution in [-0.4, -0.2) is 5.78 Å². The Morgan fingerprint density at radius 2 is 1.53 bits per heavy atom. The number of benzene rings is 2. The number of fused-ring (bicyclic) bond motifs is 2. The van der Waals surface area contributed by atoms with Crippen LogP contribution in [0.3, 0.4) is 0 Å². The van der Waals surface area contributed by atoms with Crippen molar-refractivity contribution in [3.8, 4) is 0 Å². The number of ketones is 1. The van der Waals surface area contributed by atoms with Gasteiger partial charge in [-0.1, -0.05) is 47.5 Å². The molecule has 2 aliphatic rings. The first-order valence-corrected chi connectivity index (χ1v) is 6.73. The molecule has 2 aromatic carbocycles. The lowest BCUT2D eigenvalue weighted by Gasteiger charge is -2.22. The van der Waals surface area contributed by atoms with Crippen LogP contribution in [0.1, 0.15) is 45.5 Å². The fourth-order valence-electron chi connectivity index (χ4n) is 2.95. The molecule has 1 nitrogen and oxygen atoms in total. The molecule has 0 bridgehead atoms. The van der Waals surface area contributed by atoms with Crippen molar-refractivity contribution in [2.75, 3.05) is 0 Å². The van der Waals surface area contributed by atoms with Gasteiger partial charge in [-0.2, -0.15) is 0 Å². The molecule has 4 rings (SSSR count). The zero-order valence-electron chi connectivity index (χ0n) is 10.9. The first kappa shape index (κ1) is 10.7. The van der Waals surface area contributed by atoms with Crippen LogP contribution in [0.4, 0.5) is 0 Å². The van der Waals surface area contributed by atoms with Crippen LogP contribution in [0, 0.1) is 6.92 Å². The summed E-state index contributed by atoms with van der Waals surface area (Å²) in [6.07, 6.45) is 2.34. The quantitative estimate of drug-likeness (QED) is 0.582. The van der Waals surface area contributed by atoms with Crippen LogP contribution in [0.5, 0.6) is 0 Å². The monoisotopic (exact) mass is 246 g/mol. The van der Waals surface area contributed by atoms with Crippen molar-refractivity contribution in [1.29, 1.82) is 0 Å². The van der Waals surface area contributed by atoms with Gasteiger partial charge in [-0.3, -0.25) is 4.79 Å². The largest absolute Gasteiger partial charge is 0.289 e. The molecule has 0 unspecified atom stereocenters. The van der Waals surface area contributed by atoms with Gasteiger partial charge in [-0.15, -0.1) is 0 Å². The third-order valence-electron chi connectivity index (χ3n) is 3.98. The highest BCUT2D eigenvalue weighted by molar-refractivity contribution is 6.19. The lowest BCUT2D eigenvalue weighted by molar-refractivity contribution is 0.103. The normalized spacial score (nSPS) is 16.2. The molecular formula is C18H14O. The van der Waals surface area contributed by atoms with Crippen LogP contribution in [0.15, 0.2) is 48.0 Å². The molecule has 0 N–H and O–H groups in total. The Labute approximate surface area is 112 Å². The van der Waals surface area contributed by atoms with E-state index in [1.165, 1.54) is 24.0 Å². The molecule has 0 atom stereocenters. The van der Waals surface area contributed by atoms with Crippen LogP contribution >= 0.6 is 0 Å². The second kappa shape index (κ2) is 3.67. The number of aryl methyl sites for hydroxylation is 1. The van der Waals surface area contributed by atoms with E-state index >= 15 is 0 Å². The lowest BCUT2D eigenvalue weighted by Crippen LogP contribution is -2.14. The van der Waals surface area contributed by atoms with E-state index in [0.717, 1.165) is 27.8 Å². The summed E-state index contributed by atoms with van der Waals surface area (Å²) in [5.41, 5.74) is 7.92. The van der Waals surface area contributed by atoms with Crippen LogP contribution in [0.2, 0.25) is 0 Å². The summed E-state index contributed by atoms with van der Waals surface area (Å²) < 4.78 is 0. The van der Waals surface area contributed by atoms with Gasteiger partial charge in [0, 0.05) is 11.1 Å². The van der Waals surface area contributed by atoms with Crippen molar-refractivity contribution in [3.63, 3.8) is 0 Å². The summed E-state index contributed by atoms with van der Waals surface area (Å²) in [5, 5.41) is 0. The minimum atomic E-state index is 0.166. The molecule has 0 spiro atoms. The summed E-state index contributed by atoms with van der Waals surface area (Å²) in [4.78, 5) is 12.6. The highest BCUT2D eigenvalue weighted by Crippen LogP contribution is 2.45. The van der Waals surface area contributed by atoms with Gasteiger partial charge in [-0.25, -0.2) is 0 Å². The van der Waals surface area contributed by atoms with Gasteiger partial charge in [0.05, 0.1) is 0 Å². The van der Waals surface area contributed by atoms with E-state index in [1.807, 2.05) is 31.2 Å². The van der Waals surface area contributed by atoms with Crippen molar-refractivity contribution >= 4 is 11.4 Å². The Morgan fingerprint density at radius 3 is 2.26 bits per heavy atom. The highest BCUT2D eigenvalue weighted by atomic mass is 16.1. The van der Waals surface area contributed by atoms with Crippen molar-refractivity contribution in [1.82, 2.24) is 0 Å². The highest BCUT2D eigenvalue weighted by Gasteiger charge is 2.31. The number of carbonyl (C=O) groups is 1. The third-order valence-corrected chi connectivity index (χ3v) is 3.98. The summed E-state index contributed by atoms with van der Waals surface area (Å²) in [7, 11) is 0.